The monoisotopic (exact) mass is 355 g/mol. The maximum atomic E-state index is 12.7. The number of hydrogen-bond donors (Lipinski definition) is 0. The minimum Gasteiger partial charge on any atom is -0.338 e. The minimum absolute atomic E-state index is 0.0672. The van der Waals surface area contributed by atoms with E-state index in [0.29, 0.717) is 44.2 Å². The molecule has 3 aliphatic heterocycles. The first-order chi connectivity index (χ1) is 12.7. The summed E-state index contributed by atoms with van der Waals surface area (Å²) in [6.45, 7) is 2.46. The quantitative estimate of drug-likeness (QED) is 0.778. The third-order valence-corrected chi connectivity index (χ3v) is 5.12. The number of piperidine rings is 1. The van der Waals surface area contributed by atoms with Crippen LogP contribution >= 0.6 is 0 Å². The second-order valence-electron chi connectivity index (χ2n) is 6.85. The zero-order valence-corrected chi connectivity index (χ0v) is 14.4. The van der Waals surface area contributed by atoms with Gasteiger partial charge in [-0.1, -0.05) is 0 Å². The van der Waals surface area contributed by atoms with Gasteiger partial charge < -0.3 is 9.80 Å². The normalized spacial score (nSPS) is 22.3. The van der Waals surface area contributed by atoms with E-state index in [1.54, 1.807) is 17.2 Å². The Hall–Kier alpha value is -2.84. The molecule has 136 valence electrons. The smallest absolute Gasteiger partial charge is 0.274 e. The average molecular weight is 355 g/mol. The molecule has 2 amide bonds. The number of hydrogen-bond acceptors (Lipinski definition) is 6. The summed E-state index contributed by atoms with van der Waals surface area (Å²) in [5.74, 6) is 0.320. The lowest BCUT2D eigenvalue weighted by Gasteiger charge is -2.36. The number of carbonyl (C=O) groups is 2. The molecule has 3 saturated heterocycles. The van der Waals surface area contributed by atoms with E-state index >= 15 is 0 Å². The van der Waals surface area contributed by atoms with Gasteiger partial charge in [0.2, 0.25) is 5.91 Å². The second-order valence-corrected chi connectivity index (χ2v) is 6.85. The molecular weight excluding hydrogens is 334 g/mol. The van der Waals surface area contributed by atoms with Gasteiger partial charge in [0, 0.05) is 44.5 Å². The molecule has 5 heterocycles. The fourth-order valence-corrected chi connectivity index (χ4v) is 3.83. The highest BCUT2D eigenvalue weighted by atomic mass is 16.2. The molecule has 26 heavy (non-hydrogen) atoms. The van der Waals surface area contributed by atoms with Crippen molar-refractivity contribution in [3.63, 3.8) is 0 Å². The Morgan fingerprint density at radius 2 is 2.04 bits per heavy atom. The van der Waals surface area contributed by atoms with Crippen molar-refractivity contribution in [2.24, 2.45) is 5.92 Å². The Morgan fingerprint density at radius 3 is 2.81 bits per heavy atom. The van der Waals surface area contributed by atoms with Gasteiger partial charge in [-0.2, -0.15) is 5.10 Å². The molecule has 5 rings (SSSR count). The SMILES string of the molecule is O=C(c1cnccn1)N1C[C@H]2CC[C@@H](C1)N(C(=O)CCn1cncn1)C2. The van der Waals surface area contributed by atoms with Crippen LogP contribution in [0.5, 0.6) is 0 Å². The molecule has 0 saturated carbocycles. The van der Waals surface area contributed by atoms with Gasteiger partial charge in [0.1, 0.15) is 18.3 Å². The molecule has 9 heteroatoms. The lowest BCUT2D eigenvalue weighted by atomic mass is 9.94. The maximum absolute atomic E-state index is 12.7. The molecule has 2 aromatic rings. The van der Waals surface area contributed by atoms with Gasteiger partial charge >= 0.3 is 0 Å². The van der Waals surface area contributed by atoms with Gasteiger partial charge in [-0.15, -0.1) is 0 Å². The van der Waals surface area contributed by atoms with Crippen LogP contribution < -0.4 is 0 Å². The summed E-state index contributed by atoms with van der Waals surface area (Å²) in [4.78, 5) is 41.2. The molecule has 0 spiro atoms. The topological polar surface area (TPSA) is 97.1 Å². The molecule has 2 atom stereocenters. The van der Waals surface area contributed by atoms with E-state index in [2.05, 4.69) is 20.1 Å². The number of aryl methyl sites for hydroxylation is 1. The predicted molar refractivity (Wildman–Crippen MR) is 90.8 cm³/mol. The van der Waals surface area contributed by atoms with Crippen LogP contribution in [0.2, 0.25) is 0 Å². The molecule has 2 aromatic heterocycles. The first kappa shape index (κ1) is 16.6. The van der Waals surface area contributed by atoms with E-state index < -0.39 is 0 Å². The van der Waals surface area contributed by atoms with Gasteiger partial charge in [0.05, 0.1) is 12.7 Å². The molecule has 0 aliphatic carbocycles. The standard InChI is InChI=1S/C17H21N7O2/c25-16(3-6-23-12-19-11-21-23)24-9-13-1-2-14(24)10-22(8-13)17(26)15-7-18-4-5-20-15/h4-5,7,11-14H,1-3,6,8-10H2/t13-,14+/m1/s1. The van der Waals surface area contributed by atoms with Gasteiger partial charge in [0.15, 0.2) is 0 Å². The first-order valence-electron chi connectivity index (χ1n) is 8.88. The molecule has 3 fully saturated rings. The van der Waals surface area contributed by atoms with E-state index in [-0.39, 0.29) is 17.9 Å². The third-order valence-electron chi connectivity index (χ3n) is 5.12. The molecular formula is C17H21N7O2. The van der Waals surface area contributed by atoms with Crippen LogP contribution in [-0.4, -0.2) is 72.0 Å². The van der Waals surface area contributed by atoms with Gasteiger partial charge in [0.25, 0.3) is 5.91 Å². The highest BCUT2D eigenvalue weighted by molar-refractivity contribution is 5.92. The fraction of sp³-hybridized carbons (Fsp3) is 0.529. The number of rotatable bonds is 4. The van der Waals surface area contributed by atoms with Crippen LogP contribution in [0, 0.1) is 5.92 Å². The number of carbonyl (C=O) groups excluding carboxylic acids is 2. The summed E-state index contributed by atoms with van der Waals surface area (Å²) < 4.78 is 1.66. The summed E-state index contributed by atoms with van der Waals surface area (Å²) in [6, 6.07) is 0.0672. The predicted octanol–water partition coefficient (Wildman–Crippen LogP) is 0.221. The molecule has 0 radical (unpaired) electrons. The molecule has 3 aliphatic rings. The summed E-state index contributed by atoms with van der Waals surface area (Å²) in [5.41, 5.74) is 0.359. The van der Waals surface area contributed by atoms with Crippen molar-refractivity contribution in [1.82, 2.24) is 34.5 Å². The van der Waals surface area contributed by atoms with Gasteiger partial charge in [-0.3, -0.25) is 19.3 Å². The van der Waals surface area contributed by atoms with Crippen LogP contribution in [0.15, 0.2) is 31.2 Å². The largest absolute Gasteiger partial charge is 0.338 e. The van der Waals surface area contributed by atoms with Crippen molar-refractivity contribution in [2.45, 2.75) is 31.8 Å². The van der Waals surface area contributed by atoms with E-state index in [4.69, 9.17) is 0 Å². The van der Waals surface area contributed by atoms with E-state index in [9.17, 15) is 9.59 Å². The van der Waals surface area contributed by atoms with Crippen LogP contribution in [0.1, 0.15) is 29.8 Å². The maximum Gasteiger partial charge on any atom is 0.274 e. The Balaban J connectivity index is 1.43. The summed E-state index contributed by atoms with van der Waals surface area (Å²) in [5, 5.41) is 4.04. The summed E-state index contributed by atoms with van der Waals surface area (Å²) in [7, 11) is 0. The summed E-state index contributed by atoms with van der Waals surface area (Å²) >= 11 is 0. The van der Waals surface area contributed by atoms with Crippen molar-refractivity contribution < 1.29 is 9.59 Å². The Bertz CT molecular complexity index is 765. The second kappa shape index (κ2) is 7.19. The van der Waals surface area contributed by atoms with Crippen LogP contribution in [0.4, 0.5) is 0 Å². The first-order valence-corrected chi connectivity index (χ1v) is 8.88. The fourth-order valence-electron chi connectivity index (χ4n) is 3.83. The highest BCUT2D eigenvalue weighted by Gasteiger charge is 2.38. The third kappa shape index (κ3) is 3.42. The molecule has 2 bridgehead atoms. The number of amides is 2. The van der Waals surface area contributed by atoms with Gasteiger partial charge in [-0.05, 0) is 18.8 Å². The van der Waals surface area contributed by atoms with Crippen molar-refractivity contribution >= 4 is 11.8 Å². The van der Waals surface area contributed by atoms with Crippen molar-refractivity contribution in [3.8, 4) is 0 Å². The number of fused-ring (bicyclic) bond motifs is 4. The number of nitrogens with zero attached hydrogens (tertiary/aromatic N) is 7. The minimum atomic E-state index is -0.105. The highest BCUT2D eigenvalue weighted by Crippen LogP contribution is 2.29. The zero-order valence-electron chi connectivity index (χ0n) is 14.4. The van der Waals surface area contributed by atoms with Crippen LogP contribution in [0.25, 0.3) is 0 Å². The Labute approximate surface area is 151 Å². The van der Waals surface area contributed by atoms with E-state index in [0.717, 1.165) is 12.8 Å². The lowest BCUT2D eigenvalue weighted by Crippen LogP contribution is -2.48. The van der Waals surface area contributed by atoms with Gasteiger partial charge in [-0.25, -0.2) is 9.97 Å². The van der Waals surface area contributed by atoms with Crippen molar-refractivity contribution in [3.05, 3.63) is 36.9 Å². The Kier molecular flexibility index (Phi) is 4.59. The van der Waals surface area contributed by atoms with Crippen LogP contribution in [0.3, 0.4) is 0 Å². The Morgan fingerprint density at radius 1 is 1.12 bits per heavy atom. The summed E-state index contributed by atoms with van der Waals surface area (Å²) in [6.07, 6.45) is 10.0. The zero-order chi connectivity index (χ0) is 17.9. The molecule has 0 N–H and O–H groups in total. The van der Waals surface area contributed by atoms with Crippen molar-refractivity contribution in [2.75, 3.05) is 19.6 Å². The molecule has 0 aromatic carbocycles. The molecule has 0 unspecified atom stereocenters. The van der Waals surface area contributed by atoms with E-state index in [1.807, 2.05) is 9.80 Å². The van der Waals surface area contributed by atoms with E-state index in [1.165, 1.54) is 18.7 Å². The average Bonchev–Trinajstić information content (AvgIpc) is 3.04. The molecule has 9 nitrogen and oxygen atoms in total. The number of aromatic nitrogens is 5. The van der Waals surface area contributed by atoms with Crippen LogP contribution in [-0.2, 0) is 11.3 Å². The van der Waals surface area contributed by atoms with Crippen molar-refractivity contribution in [1.29, 1.82) is 0 Å². The lowest BCUT2D eigenvalue weighted by molar-refractivity contribution is -0.135.